The minimum atomic E-state index is -1.09. The number of rotatable bonds is 5. The van der Waals surface area contributed by atoms with Crippen molar-refractivity contribution in [3.8, 4) is 17.2 Å². The molecule has 9 heteroatoms. The number of nitriles is 1. The van der Waals surface area contributed by atoms with Crippen molar-refractivity contribution in [3.63, 3.8) is 0 Å². The SMILES string of the molecule is CC[C@H](O)c1cc(C)c(-c2cc3cnc(NC(=O)[C@H]4C[C@H]4F)cc3n3cc(C#N)nc23)cn1. The number of pyridine rings is 3. The van der Waals surface area contributed by atoms with E-state index < -0.39 is 18.2 Å². The van der Waals surface area contributed by atoms with E-state index in [1.807, 2.05) is 26.0 Å². The fourth-order valence-electron chi connectivity index (χ4n) is 3.97. The summed E-state index contributed by atoms with van der Waals surface area (Å²) >= 11 is 0. The van der Waals surface area contributed by atoms with Crippen molar-refractivity contribution < 1.29 is 14.3 Å². The van der Waals surface area contributed by atoms with Crippen LogP contribution in [0.2, 0.25) is 0 Å². The zero-order valence-electron chi connectivity index (χ0n) is 18.1. The lowest BCUT2D eigenvalue weighted by molar-refractivity contribution is -0.117. The minimum absolute atomic E-state index is 0.238. The van der Waals surface area contributed by atoms with E-state index in [2.05, 4.69) is 26.3 Å². The zero-order valence-corrected chi connectivity index (χ0v) is 18.1. The van der Waals surface area contributed by atoms with Crippen molar-refractivity contribution in [3.05, 3.63) is 53.7 Å². The Balaban J connectivity index is 1.64. The second-order valence-electron chi connectivity index (χ2n) is 8.31. The zero-order chi connectivity index (χ0) is 23.3. The van der Waals surface area contributed by atoms with Gasteiger partial charge in [-0.15, -0.1) is 0 Å². The normalized spacial score (nSPS) is 18.3. The Morgan fingerprint density at radius 3 is 2.79 bits per heavy atom. The first-order chi connectivity index (χ1) is 15.9. The van der Waals surface area contributed by atoms with Crippen molar-refractivity contribution in [2.45, 2.75) is 39.0 Å². The highest BCUT2D eigenvalue weighted by Gasteiger charge is 2.43. The molecule has 3 atom stereocenters. The molecule has 1 saturated carbocycles. The lowest BCUT2D eigenvalue weighted by Crippen LogP contribution is -2.16. The Morgan fingerprint density at radius 2 is 2.12 bits per heavy atom. The molecule has 1 fully saturated rings. The Kier molecular flexibility index (Phi) is 5.02. The Bertz CT molecular complexity index is 1460. The first-order valence-electron chi connectivity index (χ1n) is 10.7. The number of alkyl halides is 1. The number of fused-ring (bicyclic) bond motifs is 3. The third-order valence-corrected chi connectivity index (χ3v) is 5.98. The van der Waals surface area contributed by atoms with E-state index in [1.54, 1.807) is 29.1 Å². The molecule has 1 amide bonds. The molecule has 1 aliphatic rings. The first-order valence-corrected chi connectivity index (χ1v) is 10.7. The number of nitrogens with zero attached hydrogens (tertiary/aromatic N) is 5. The van der Waals surface area contributed by atoms with Crippen molar-refractivity contribution in [2.75, 3.05) is 5.32 Å². The van der Waals surface area contributed by atoms with Gasteiger partial charge >= 0.3 is 0 Å². The van der Waals surface area contributed by atoms with Crippen LogP contribution in [0.3, 0.4) is 0 Å². The maximum atomic E-state index is 13.2. The Hall–Kier alpha value is -3.90. The van der Waals surface area contributed by atoms with Gasteiger partial charge in [0.05, 0.1) is 23.2 Å². The van der Waals surface area contributed by atoms with Gasteiger partial charge < -0.3 is 10.4 Å². The number of aryl methyl sites for hydroxylation is 1. The lowest BCUT2D eigenvalue weighted by Gasteiger charge is -2.14. The standard InChI is InChI=1S/C24H21FN6O2/c1-3-21(32)19-4-12(2)17(10-27-19)15-5-13-9-28-22(30-24(33)16-6-18(16)25)7-20(13)31-11-14(8-26)29-23(15)31/h4-5,7,9-11,16,18,21,32H,3,6H2,1-2H3,(H,28,30,33)/t16-,18+,21-/m0/s1. The average molecular weight is 444 g/mol. The maximum Gasteiger partial charge on any atom is 0.231 e. The third-order valence-electron chi connectivity index (χ3n) is 5.98. The van der Waals surface area contributed by atoms with Crippen molar-refractivity contribution >= 4 is 28.3 Å². The highest BCUT2D eigenvalue weighted by molar-refractivity contribution is 5.97. The van der Waals surface area contributed by atoms with Crippen LogP contribution in [0, 0.1) is 24.2 Å². The molecule has 8 nitrogen and oxygen atoms in total. The summed E-state index contributed by atoms with van der Waals surface area (Å²) in [5.41, 5.74) is 4.61. The van der Waals surface area contributed by atoms with Gasteiger partial charge in [0.1, 0.15) is 23.7 Å². The molecule has 4 aromatic rings. The number of hydrogen-bond acceptors (Lipinski definition) is 6. The van der Waals surface area contributed by atoms with Gasteiger partial charge in [-0.1, -0.05) is 6.92 Å². The monoisotopic (exact) mass is 444 g/mol. The third kappa shape index (κ3) is 3.68. The number of amides is 1. The largest absolute Gasteiger partial charge is 0.387 e. The molecule has 4 heterocycles. The number of aliphatic hydroxyl groups excluding tert-OH is 1. The summed E-state index contributed by atoms with van der Waals surface area (Å²) in [5, 5.41) is 23.0. The number of aromatic nitrogens is 4. The predicted octanol–water partition coefficient (Wildman–Crippen LogP) is 3.86. The molecule has 2 N–H and O–H groups in total. The molecule has 0 unspecified atom stereocenters. The number of aliphatic hydroxyl groups is 1. The molecular weight excluding hydrogens is 423 g/mol. The van der Waals surface area contributed by atoms with E-state index in [1.165, 1.54) is 0 Å². The van der Waals surface area contributed by atoms with E-state index in [0.29, 0.717) is 29.1 Å². The van der Waals surface area contributed by atoms with Gasteiger partial charge in [-0.2, -0.15) is 5.26 Å². The number of anilines is 1. The van der Waals surface area contributed by atoms with Gasteiger partial charge in [-0.3, -0.25) is 14.2 Å². The average Bonchev–Trinajstić information content (AvgIpc) is 3.39. The van der Waals surface area contributed by atoms with Crippen LogP contribution in [0.25, 0.3) is 27.7 Å². The molecule has 0 bridgehead atoms. The molecule has 4 aromatic heterocycles. The minimum Gasteiger partial charge on any atom is -0.387 e. The fourth-order valence-corrected chi connectivity index (χ4v) is 3.97. The predicted molar refractivity (Wildman–Crippen MR) is 120 cm³/mol. The molecule has 0 aromatic carbocycles. The van der Waals surface area contributed by atoms with Crippen LogP contribution >= 0.6 is 0 Å². The van der Waals surface area contributed by atoms with Crippen LogP contribution in [0.5, 0.6) is 0 Å². The number of nitrogens with one attached hydrogen (secondary N) is 1. The summed E-state index contributed by atoms with van der Waals surface area (Å²) in [5.74, 6) is -0.696. The number of halogens is 1. The van der Waals surface area contributed by atoms with Crippen molar-refractivity contribution in [1.82, 2.24) is 19.4 Å². The smallest absolute Gasteiger partial charge is 0.231 e. The summed E-state index contributed by atoms with van der Waals surface area (Å²) in [6.07, 6.45) is 4.04. The van der Waals surface area contributed by atoms with Crippen LogP contribution in [0.15, 0.2) is 36.8 Å². The summed E-state index contributed by atoms with van der Waals surface area (Å²) in [6, 6.07) is 7.53. The van der Waals surface area contributed by atoms with E-state index in [9.17, 15) is 19.6 Å². The van der Waals surface area contributed by atoms with Gasteiger partial charge in [-0.05, 0) is 37.5 Å². The van der Waals surface area contributed by atoms with Crippen LogP contribution in [-0.2, 0) is 4.79 Å². The number of hydrogen-bond donors (Lipinski definition) is 2. The Morgan fingerprint density at radius 1 is 1.33 bits per heavy atom. The summed E-state index contributed by atoms with van der Waals surface area (Å²) < 4.78 is 15.0. The molecule has 33 heavy (non-hydrogen) atoms. The Labute approximate surface area is 188 Å². The topological polar surface area (TPSA) is 116 Å². The van der Waals surface area contributed by atoms with Gasteiger partial charge in [0.15, 0.2) is 5.69 Å². The number of carbonyl (C=O) groups excluding carboxylic acids is 1. The summed E-state index contributed by atoms with van der Waals surface area (Å²) in [7, 11) is 0. The van der Waals surface area contributed by atoms with Crippen molar-refractivity contribution in [1.29, 1.82) is 5.26 Å². The molecule has 5 rings (SSSR count). The van der Waals surface area contributed by atoms with Gasteiger partial charge in [-0.25, -0.2) is 14.4 Å². The van der Waals surface area contributed by atoms with Crippen LogP contribution in [-0.4, -0.2) is 36.5 Å². The molecular formula is C24H21FN6O2. The van der Waals surface area contributed by atoms with E-state index in [4.69, 9.17) is 0 Å². The quantitative estimate of drug-likeness (QED) is 0.483. The van der Waals surface area contributed by atoms with E-state index in [-0.39, 0.29) is 18.0 Å². The lowest BCUT2D eigenvalue weighted by atomic mass is 10.0. The van der Waals surface area contributed by atoms with Crippen LogP contribution < -0.4 is 5.32 Å². The fraction of sp³-hybridized carbons (Fsp3) is 0.292. The van der Waals surface area contributed by atoms with E-state index >= 15 is 0 Å². The first kappa shape index (κ1) is 21.0. The van der Waals surface area contributed by atoms with Gasteiger partial charge in [0.25, 0.3) is 0 Å². The molecule has 0 spiro atoms. The second-order valence-corrected chi connectivity index (χ2v) is 8.31. The van der Waals surface area contributed by atoms with Gasteiger partial charge in [0.2, 0.25) is 5.91 Å². The summed E-state index contributed by atoms with van der Waals surface area (Å²) in [6.45, 7) is 3.82. The van der Waals surface area contributed by atoms with E-state index in [0.717, 1.165) is 22.1 Å². The molecule has 0 radical (unpaired) electrons. The van der Waals surface area contributed by atoms with Gasteiger partial charge in [0, 0.05) is 41.2 Å². The highest BCUT2D eigenvalue weighted by atomic mass is 19.1. The van der Waals surface area contributed by atoms with Crippen LogP contribution in [0.1, 0.15) is 42.8 Å². The second kappa shape index (κ2) is 7.90. The molecule has 1 aliphatic carbocycles. The molecule has 0 saturated heterocycles. The number of carbonyl (C=O) groups is 1. The highest BCUT2D eigenvalue weighted by Crippen LogP contribution is 2.35. The van der Waals surface area contributed by atoms with Crippen LogP contribution in [0.4, 0.5) is 10.2 Å². The maximum absolute atomic E-state index is 13.2. The molecule has 166 valence electrons. The molecule has 0 aliphatic heterocycles. The summed E-state index contributed by atoms with van der Waals surface area (Å²) in [4.78, 5) is 25.4. The van der Waals surface area contributed by atoms with Crippen molar-refractivity contribution in [2.24, 2.45) is 5.92 Å². The number of imidazole rings is 1.